The average molecular weight is 231 g/mol. The molecule has 1 heteroatoms. The Labute approximate surface area is 106 Å². The van der Waals surface area contributed by atoms with E-state index in [0.29, 0.717) is 0 Å². The molecule has 2 rings (SSSR count). The molecular formula is C16H25N. The van der Waals surface area contributed by atoms with Gasteiger partial charge in [0.25, 0.3) is 0 Å². The van der Waals surface area contributed by atoms with Crippen LogP contribution in [0, 0.1) is 5.92 Å². The van der Waals surface area contributed by atoms with Crippen molar-refractivity contribution in [3.63, 3.8) is 0 Å². The first kappa shape index (κ1) is 12.6. The van der Waals surface area contributed by atoms with Crippen LogP contribution in [-0.4, -0.2) is 6.54 Å². The minimum atomic E-state index is 0.837. The van der Waals surface area contributed by atoms with E-state index in [-0.39, 0.29) is 0 Å². The first-order valence-electron chi connectivity index (χ1n) is 7.14. The topological polar surface area (TPSA) is 12.0 Å². The SMILES string of the molecule is CCC(CC)CNCc1ccc2c(c1)CCC2. The fourth-order valence-corrected chi connectivity index (χ4v) is 2.73. The van der Waals surface area contributed by atoms with Crippen molar-refractivity contribution in [2.45, 2.75) is 52.5 Å². The van der Waals surface area contributed by atoms with Gasteiger partial charge in [0.05, 0.1) is 0 Å². The van der Waals surface area contributed by atoms with Crippen molar-refractivity contribution in [3.05, 3.63) is 34.9 Å². The molecule has 1 aliphatic carbocycles. The maximum atomic E-state index is 3.59. The highest BCUT2D eigenvalue weighted by Gasteiger charge is 2.10. The standard InChI is InChI=1S/C16H25N/c1-3-13(4-2)11-17-12-14-8-9-15-6-5-7-16(15)10-14/h8-10,13,17H,3-7,11-12H2,1-2H3. The van der Waals surface area contributed by atoms with Crippen LogP contribution >= 0.6 is 0 Å². The second-order valence-corrected chi connectivity index (χ2v) is 5.27. The number of rotatable bonds is 6. The zero-order valence-electron chi connectivity index (χ0n) is 11.3. The Balaban J connectivity index is 1.83. The maximum absolute atomic E-state index is 3.59. The predicted molar refractivity (Wildman–Crippen MR) is 74.2 cm³/mol. The zero-order valence-corrected chi connectivity index (χ0v) is 11.3. The molecule has 0 radical (unpaired) electrons. The summed E-state index contributed by atoms with van der Waals surface area (Å²) in [6, 6.07) is 7.03. The van der Waals surface area contributed by atoms with Gasteiger partial charge in [0.1, 0.15) is 0 Å². The van der Waals surface area contributed by atoms with Crippen molar-refractivity contribution >= 4 is 0 Å². The second kappa shape index (κ2) is 6.20. The van der Waals surface area contributed by atoms with Crippen LogP contribution in [0.25, 0.3) is 0 Å². The third-order valence-electron chi connectivity index (χ3n) is 4.08. The molecule has 0 heterocycles. The van der Waals surface area contributed by atoms with Crippen LogP contribution in [0.3, 0.4) is 0 Å². The van der Waals surface area contributed by atoms with E-state index < -0.39 is 0 Å². The lowest BCUT2D eigenvalue weighted by Gasteiger charge is -2.13. The largest absolute Gasteiger partial charge is 0.312 e. The summed E-state index contributed by atoms with van der Waals surface area (Å²) in [6.07, 6.45) is 6.49. The first-order chi connectivity index (χ1) is 8.33. The van der Waals surface area contributed by atoms with Gasteiger partial charge in [-0.2, -0.15) is 0 Å². The van der Waals surface area contributed by atoms with E-state index in [1.54, 1.807) is 11.1 Å². The van der Waals surface area contributed by atoms with Gasteiger partial charge in [0.2, 0.25) is 0 Å². The molecule has 0 saturated carbocycles. The van der Waals surface area contributed by atoms with Crippen LogP contribution in [0.15, 0.2) is 18.2 Å². The molecule has 0 aliphatic heterocycles. The van der Waals surface area contributed by atoms with E-state index in [1.165, 1.54) is 37.7 Å². The molecular weight excluding hydrogens is 206 g/mol. The summed E-state index contributed by atoms with van der Waals surface area (Å²) in [6.45, 7) is 6.75. The normalized spacial score (nSPS) is 14.3. The van der Waals surface area contributed by atoms with E-state index in [0.717, 1.165) is 19.0 Å². The van der Waals surface area contributed by atoms with E-state index >= 15 is 0 Å². The number of fused-ring (bicyclic) bond motifs is 1. The van der Waals surface area contributed by atoms with Crippen molar-refractivity contribution in [1.29, 1.82) is 0 Å². The van der Waals surface area contributed by atoms with Gasteiger partial charge >= 0.3 is 0 Å². The predicted octanol–water partition coefficient (Wildman–Crippen LogP) is 3.70. The molecule has 1 N–H and O–H groups in total. The van der Waals surface area contributed by atoms with Crippen LogP contribution in [0.5, 0.6) is 0 Å². The first-order valence-corrected chi connectivity index (χ1v) is 7.14. The molecule has 0 unspecified atom stereocenters. The van der Waals surface area contributed by atoms with Crippen molar-refractivity contribution < 1.29 is 0 Å². The van der Waals surface area contributed by atoms with Crippen molar-refractivity contribution in [3.8, 4) is 0 Å². The van der Waals surface area contributed by atoms with Gasteiger partial charge in [-0.15, -0.1) is 0 Å². The summed E-state index contributed by atoms with van der Waals surface area (Å²) >= 11 is 0. The Hall–Kier alpha value is -0.820. The highest BCUT2D eigenvalue weighted by molar-refractivity contribution is 5.35. The molecule has 0 bridgehead atoms. The fourth-order valence-electron chi connectivity index (χ4n) is 2.73. The maximum Gasteiger partial charge on any atom is 0.0205 e. The van der Waals surface area contributed by atoms with Gasteiger partial charge in [0.15, 0.2) is 0 Å². The van der Waals surface area contributed by atoms with Gasteiger partial charge in [-0.3, -0.25) is 0 Å². The molecule has 0 saturated heterocycles. The molecule has 1 aliphatic rings. The van der Waals surface area contributed by atoms with E-state index in [1.807, 2.05) is 0 Å². The molecule has 1 aromatic rings. The fraction of sp³-hybridized carbons (Fsp3) is 0.625. The number of hydrogen-bond donors (Lipinski definition) is 1. The molecule has 1 aromatic carbocycles. The summed E-state index contributed by atoms with van der Waals surface area (Å²) in [5.74, 6) is 0.837. The van der Waals surface area contributed by atoms with Crippen molar-refractivity contribution in [2.75, 3.05) is 6.54 Å². The Bertz CT molecular complexity index is 353. The van der Waals surface area contributed by atoms with Gasteiger partial charge in [-0.05, 0) is 48.4 Å². The monoisotopic (exact) mass is 231 g/mol. The highest BCUT2D eigenvalue weighted by Crippen LogP contribution is 2.22. The summed E-state index contributed by atoms with van der Waals surface area (Å²) in [5, 5.41) is 3.59. The molecule has 0 atom stereocenters. The highest BCUT2D eigenvalue weighted by atomic mass is 14.9. The van der Waals surface area contributed by atoms with Gasteiger partial charge in [-0.25, -0.2) is 0 Å². The van der Waals surface area contributed by atoms with Crippen LogP contribution < -0.4 is 5.32 Å². The lowest BCUT2D eigenvalue weighted by atomic mass is 10.0. The summed E-state index contributed by atoms with van der Waals surface area (Å²) in [4.78, 5) is 0. The van der Waals surface area contributed by atoms with Crippen LogP contribution in [0.1, 0.15) is 49.8 Å². The minimum Gasteiger partial charge on any atom is -0.312 e. The number of aryl methyl sites for hydroxylation is 2. The average Bonchev–Trinajstić information content (AvgIpc) is 2.82. The third-order valence-corrected chi connectivity index (χ3v) is 4.08. The van der Waals surface area contributed by atoms with Crippen LogP contribution in [0.4, 0.5) is 0 Å². The Morgan fingerprint density at radius 2 is 1.88 bits per heavy atom. The molecule has 17 heavy (non-hydrogen) atoms. The summed E-state index contributed by atoms with van der Waals surface area (Å²) < 4.78 is 0. The van der Waals surface area contributed by atoms with Gasteiger partial charge < -0.3 is 5.32 Å². The molecule has 0 amide bonds. The van der Waals surface area contributed by atoms with Crippen molar-refractivity contribution in [2.24, 2.45) is 5.92 Å². The van der Waals surface area contributed by atoms with E-state index in [9.17, 15) is 0 Å². The minimum absolute atomic E-state index is 0.837. The number of hydrogen-bond acceptors (Lipinski definition) is 1. The molecule has 0 spiro atoms. The third kappa shape index (κ3) is 3.32. The van der Waals surface area contributed by atoms with Crippen LogP contribution in [-0.2, 0) is 19.4 Å². The summed E-state index contributed by atoms with van der Waals surface area (Å²) in [7, 11) is 0. The molecule has 0 fully saturated rings. The quantitative estimate of drug-likeness (QED) is 0.787. The molecule has 0 aromatic heterocycles. The van der Waals surface area contributed by atoms with E-state index in [2.05, 4.69) is 37.4 Å². The lowest BCUT2D eigenvalue weighted by Crippen LogP contribution is -2.21. The van der Waals surface area contributed by atoms with Gasteiger partial charge in [-0.1, -0.05) is 44.9 Å². The van der Waals surface area contributed by atoms with Gasteiger partial charge in [0, 0.05) is 6.54 Å². The Morgan fingerprint density at radius 3 is 2.65 bits per heavy atom. The number of benzene rings is 1. The smallest absolute Gasteiger partial charge is 0.0205 e. The van der Waals surface area contributed by atoms with E-state index in [4.69, 9.17) is 0 Å². The Morgan fingerprint density at radius 1 is 1.12 bits per heavy atom. The number of nitrogens with one attached hydrogen (secondary N) is 1. The van der Waals surface area contributed by atoms with Crippen LogP contribution in [0.2, 0.25) is 0 Å². The van der Waals surface area contributed by atoms with Crippen molar-refractivity contribution in [1.82, 2.24) is 5.32 Å². The summed E-state index contributed by atoms with van der Waals surface area (Å²) in [5.41, 5.74) is 4.62. The Kier molecular flexibility index (Phi) is 4.61. The molecule has 94 valence electrons. The zero-order chi connectivity index (χ0) is 12.1. The second-order valence-electron chi connectivity index (χ2n) is 5.27. The lowest BCUT2D eigenvalue weighted by molar-refractivity contribution is 0.449. The molecule has 1 nitrogen and oxygen atoms in total.